The maximum absolute atomic E-state index is 12.9. The molecule has 0 bridgehead atoms. The molecule has 156 valence electrons. The first-order chi connectivity index (χ1) is 14.7. The van der Waals surface area contributed by atoms with E-state index in [4.69, 9.17) is 14.2 Å². The number of fused-ring (bicyclic) bond motifs is 2. The monoisotopic (exact) mass is 407 g/mol. The summed E-state index contributed by atoms with van der Waals surface area (Å²) in [4.78, 5) is 19.0. The van der Waals surface area contributed by atoms with Gasteiger partial charge in [-0.05, 0) is 36.6 Å². The highest BCUT2D eigenvalue weighted by Crippen LogP contribution is 2.23. The van der Waals surface area contributed by atoms with E-state index in [1.54, 1.807) is 6.20 Å². The summed E-state index contributed by atoms with van der Waals surface area (Å²) >= 11 is 0. The highest BCUT2D eigenvalue weighted by Gasteiger charge is 2.39. The Hall–Kier alpha value is -2.90. The van der Waals surface area contributed by atoms with Gasteiger partial charge in [0.15, 0.2) is 0 Å². The maximum Gasteiger partial charge on any atom is 0.242 e. The van der Waals surface area contributed by atoms with E-state index in [-0.39, 0.29) is 24.2 Å². The van der Waals surface area contributed by atoms with Crippen molar-refractivity contribution in [1.29, 1.82) is 0 Å². The molecule has 0 radical (unpaired) electrons. The lowest BCUT2D eigenvalue weighted by Gasteiger charge is -2.20. The van der Waals surface area contributed by atoms with E-state index in [9.17, 15) is 4.79 Å². The van der Waals surface area contributed by atoms with E-state index < -0.39 is 0 Å². The molecule has 0 aliphatic carbocycles. The summed E-state index contributed by atoms with van der Waals surface area (Å²) in [6.45, 7) is 4.20. The van der Waals surface area contributed by atoms with Gasteiger partial charge in [-0.1, -0.05) is 18.2 Å². The van der Waals surface area contributed by atoms with Crippen molar-refractivity contribution in [3.63, 3.8) is 0 Å². The van der Waals surface area contributed by atoms with Crippen LogP contribution in [0.4, 0.5) is 0 Å². The lowest BCUT2D eigenvalue weighted by molar-refractivity contribution is -0.131. The molecule has 2 aromatic heterocycles. The molecular weight excluding hydrogens is 382 g/mol. The number of aromatic nitrogens is 2. The second kappa shape index (κ2) is 8.08. The SMILES string of the molecule is Cc1ccc(OC2CO[C@H]3CN(C(=O)Cn4ccc5ccccc54)C[C@@H]3OC2)cn1. The molecule has 0 saturated carbocycles. The van der Waals surface area contributed by atoms with Crippen LogP contribution in [-0.2, 0) is 20.8 Å². The van der Waals surface area contributed by atoms with Crippen molar-refractivity contribution >= 4 is 16.8 Å². The second-order valence-electron chi connectivity index (χ2n) is 7.92. The molecule has 0 N–H and O–H groups in total. The molecule has 2 aliphatic rings. The normalized spacial score (nSPS) is 22.1. The Labute approximate surface area is 175 Å². The number of carbonyl (C=O) groups is 1. The summed E-state index contributed by atoms with van der Waals surface area (Å²) in [5.41, 5.74) is 2.01. The largest absolute Gasteiger partial charge is 0.484 e. The van der Waals surface area contributed by atoms with Crippen LogP contribution in [0.3, 0.4) is 0 Å². The molecule has 2 atom stereocenters. The van der Waals surface area contributed by atoms with Gasteiger partial charge in [-0.3, -0.25) is 9.78 Å². The number of rotatable bonds is 4. The van der Waals surface area contributed by atoms with Gasteiger partial charge in [0.1, 0.15) is 30.6 Å². The minimum Gasteiger partial charge on any atom is -0.484 e. The van der Waals surface area contributed by atoms with Crippen molar-refractivity contribution in [3.05, 3.63) is 60.6 Å². The van der Waals surface area contributed by atoms with Gasteiger partial charge in [-0.2, -0.15) is 0 Å². The van der Waals surface area contributed by atoms with Crippen molar-refractivity contribution in [3.8, 4) is 5.75 Å². The summed E-state index contributed by atoms with van der Waals surface area (Å²) < 4.78 is 20.0. The first-order valence-electron chi connectivity index (χ1n) is 10.3. The first kappa shape index (κ1) is 19.1. The molecule has 4 heterocycles. The minimum absolute atomic E-state index is 0.0788. The van der Waals surface area contributed by atoms with Crippen LogP contribution >= 0.6 is 0 Å². The molecule has 5 rings (SSSR count). The Bertz CT molecular complexity index is 1020. The molecule has 2 aliphatic heterocycles. The number of benzene rings is 1. The summed E-state index contributed by atoms with van der Waals surface area (Å²) in [7, 11) is 0. The van der Waals surface area contributed by atoms with Gasteiger partial charge < -0.3 is 23.7 Å². The molecule has 3 aromatic rings. The third kappa shape index (κ3) is 3.91. The van der Waals surface area contributed by atoms with E-state index >= 15 is 0 Å². The molecular formula is C23H25N3O4. The number of amides is 1. The van der Waals surface area contributed by atoms with Gasteiger partial charge >= 0.3 is 0 Å². The number of hydrogen-bond acceptors (Lipinski definition) is 5. The van der Waals surface area contributed by atoms with E-state index in [1.807, 2.05) is 59.0 Å². The second-order valence-corrected chi connectivity index (χ2v) is 7.92. The number of aryl methyl sites for hydroxylation is 1. The van der Waals surface area contributed by atoms with Crippen molar-refractivity contribution in [2.75, 3.05) is 26.3 Å². The van der Waals surface area contributed by atoms with Gasteiger partial charge in [-0.25, -0.2) is 0 Å². The highest BCUT2D eigenvalue weighted by atomic mass is 16.6. The van der Waals surface area contributed by atoms with Crippen LogP contribution in [0.25, 0.3) is 10.9 Å². The number of nitrogens with zero attached hydrogens (tertiary/aromatic N) is 3. The van der Waals surface area contributed by atoms with Gasteiger partial charge in [0, 0.05) is 30.5 Å². The highest BCUT2D eigenvalue weighted by molar-refractivity contribution is 5.83. The zero-order valence-corrected chi connectivity index (χ0v) is 16.9. The van der Waals surface area contributed by atoms with Gasteiger partial charge in [0.25, 0.3) is 0 Å². The first-order valence-corrected chi connectivity index (χ1v) is 10.3. The maximum atomic E-state index is 12.9. The smallest absolute Gasteiger partial charge is 0.242 e. The van der Waals surface area contributed by atoms with Crippen LogP contribution in [0.15, 0.2) is 54.9 Å². The number of hydrogen-bond donors (Lipinski definition) is 0. The molecule has 2 fully saturated rings. The zero-order chi connectivity index (χ0) is 20.5. The number of pyridine rings is 1. The third-order valence-electron chi connectivity index (χ3n) is 5.73. The number of likely N-dealkylation sites (tertiary alicyclic amines) is 1. The van der Waals surface area contributed by atoms with Crippen molar-refractivity contribution in [2.45, 2.75) is 31.8 Å². The molecule has 30 heavy (non-hydrogen) atoms. The van der Waals surface area contributed by atoms with Crippen molar-refractivity contribution < 1.29 is 19.0 Å². The third-order valence-corrected chi connectivity index (χ3v) is 5.73. The van der Waals surface area contributed by atoms with E-state index in [0.717, 1.165) is 16.6 Å². The van der Waals surface area contributed by atoms with Crippen molar-refractivity contribution in [2.24, 2.45) is 0 Å². The molecule has 7 heteroatoms. The van der Waals surface area contributed by atoms with E-state index in [2.05, 4.69) is 11.1 Å². The summed E-state index contributed by atoms with van der Waals surface area (Å²) in [6, 6.07) is 13.9. The molecule has 7 nitrogen and oxygen atoms in total. The van der Waals surface area contributed by atoms with Crippen LogP contribution in [0.2, 0.25) is 0 Å². The Balaban J connectivity index is 1.17. The van der Waals surface area contributed by atoms with Crippen LogP contribution in [0.5, 0.6) is 5.75 Å². The average molecular weight is 407 g/mol. The molecule has 1 amide bonds. The Morgan fingerprint density at radius 3 is 2.60 bits per heavy atom. The average Bonchev–Trinajstić information content (AvgIpc) is 3.31. The Morgan fingerprint density at radius 2 is 1.87 bits per heavy atom. The number of carbonyl (C=O) groups excluding carboxylic acids is 1. The standard InChI is InChI=1S/C23H25N3O4/c1-16-6-7-18(10-24-16)30-19-14-28-21-11-26(12-22(21)29-15-19)23(27)13-25-9-8-17-4-2-3-5-20(17)25/h2-10,19,21-22H,11-15H2,1H3/t21-,22-/m0/s1. The van der Waals surface area contributed by atoms with Crippen LogP contribution in [0.1, 0.15) is 5.69 Å². The minimum atomic E-state index is -0.185. The summed E-state index contributed by atoms with van der Waals surface area (Å²) in [5.74, 6) is 0.788. The van der Waals surface area contributed by atoms with Crippen LogP contribution in [0, 0.1) is 6.92 Å². The Morgan fingerprint density at radius 1 is 1.10 bits per heavy atom. The molecule has 2 saturated heterocycles. The molecule has 0 spiro atoms. The topological polar surface area (TPSA) is 65.8 Å². The lowest BCUT2D eigenvalue weighted by Crippen LogP contribution is -2.34. The Kier molecular flexibility index (Phi) is 5.14. The fraction of sp³-hybridized carbons (Fsp3) is 0.391. The number of para-hydroxylation sites is 1. The zero-order valence-electron chi connectivity index (χ0n) is 16.9. The molecule has 1 aromatic carbocycles. The van der Waals surface area contributed by atoms with Crippen LogP contribution < -0.4 is 4.74 Å². The predicted octanol–water partition coefficient (Wildman–Crippen LogP) is 2.42. The van der Waals surface area contributed by atoms with Crippen molar-refractivity contribution in [1.82, 2.24) is 14.5 Å². The molecule has 0 unspecified atom stereocenters. The van der Waals surface area contributed by atoms with E-state index in [0.29, 0.717) is 38.6 Å². The van der Waals surface area contributed by atoms with Gasteiger partial charge in [0.2, 0.25) is 5.91 Å². The fourth-order valence-electron chi connectivity index (χ4n) is 4.09. The van der Waals surface area contributed by atoms with Gasteiger partial charge in [0.05, 0.1) is 19.4 Å². The predicted molar refractivity (Wildman–Crippen MR) is 111 cm³/mol. The van der Waals surface area contributed by atoms with Gasteiger partial charge in [-0.15, -0.1) is 0 Å². The quantitative estimate of drug-likeness (QED) is 0.665. The fourth-order valence-corrected chi connectivity index (χ4v) is 4.09. The summed E-state index contributed by atoms with van der Waals surface area (Å²) in [5, 5.41) is 1.14. The lowest BCUT2D eigenvalue weighted by atomic mass is 10.2. The van der Waals surface area contributed by atoms with Crippen LogP contribution in [-0.4, -0.2) is 65.0 Å². The number of ether oxygens (including phenoxy) is 3. The van der Waals surface area contributed by atoms with E-state index in [1.165, 1.54) is 0 Å². The summed E-state index contributed by atoms with van der Waals surface area (Å²) in [6.07, 6.45) is 3.24.